The van der Waals surface area contributed by atoms with Gasteiger partial charge in [0.2, 0.25) is 5.91 Å². The molecule has 0 aromatic heterocycles. The van der Waals surface area contributed by atoms with Crippen molar-refractivity contribution in [3.05, 3.63) is 23.2 Å². The van der Waals surface area contributed by atoms with Gasteiger partial charge < -0.3 is 15.0 Å². The molecule has 132 valence electrons. The highest BCUT2D eigenvalue weighted by Crippen LogP contribution is 2.29. The van der Waals surface area contributed by atoms with Crippen LogP contribution in [0.1, 0.15) is 12.8 Å². The van der Waals surface area contributed by atoms with Crippen molar-refractivity contribution in [1.82, 2.24) is 4.90 Å². The summed E-state index contributed by atoms with van der Waals surface area (Å²) in [5.41, 5.74) is 0.328. The number of ether oxygens (including phenoxy) is 1. The molecule has 9 heteroatoms. The number of rotatable bonds is 3. The van der Waals surface area contributed by atoms with Gasteiger partial charge in [0, 0.05) is 18.1 Å². The SMILES string of the molecule is COc1ccc(Cl)cc1NC(=O)C1CCCN(C(=O)C(F)(F)F)C1. The molecule has 0 spiro atoms. The van der Waals surface area contributed by atoms with Gasteiger partial charge in [-0.1, -0.05) is 11.6 Å². The van der Waals surface area contributed by atoms with Crippen molar-refractivity contribution in [2.45, 2.75) is 19.0 Å². The van der Waals surface area contributed by atoms with Gasteiger partial charge in [-0.2, -0.15) is 13.2 Å². The fraction of sp³-hybridized carbons (Fsp3) is 0.467. The van der Waals surface area contributed by atoms with Gasteiger partial charge in [-0.3, -0.25) is 9.59 Å². The van der Waals surface area contributed by atoms with Crippen LogP contribution in [0.5, 0.6) is 5.75 Å². The molecule has 1 heterocycles. The molecule has 1 aliphatic rings. The van der Waals surface area contributed by atoms with E-state index in [9.17, 15) is 22.8 Å². The zero-order chi connectivity index (χ0) is 17.9. The fourth-order valence-corrected chi connectivity index (χ4v) is 2.74. The first-order valence-electron chi connectivity index (χ1n) is 7.23. The zero-order valence-corrected chi connectivity index (χ0v) is 13.6. The van der Waals surface area contributed by atoms with Gasteiger partial charge >= 0.3 is 12.1 Å². The second-order valence-corrected chi connectivity index (χ2v) is 5.86. The molecule has 1 aliphatic heterocycles. The Kier molecular flexibility index (Phi) is 5.58. The number of piperidine rings is 1. The topological polar surface area (TPSA) is 58.6 Å². The van der Waals surface area contributed by atoms with Crippen LogP contribution < -0.4 is 10.1 Å². The second kappa shape index (κ2) is 7.29. The van der Waals surface area contributed by atoms with Crippen LogP contribution in [0.4, 0.5) is 18.9 Å². The Morgan fingerprint density at radius 2 is 2.08 bits per heavy atom. The maximum Gasteiger partial charge on any atom is 0.471 e. The van der Waals surface area contributed by atoms with E-state index in [2.05, 4.69) is 5.32 Å². The number of methoxy groups -OCH3 is 1. The van der Waals surface area contributed by atoms with Crippen LogP contribution in [0.15, 0.2) is 18.2 Å². The first-order chi connectivity index (χ1) is 11.2. The van der Waals surface area contributed by atoms with Crippen LogP contribution in [-0.2, 0) is 9.59 Å². The molecule has 0 bridgehead atoms. The summed E-state index contributed by atoms with van der Waals surface area (Å²) in [5.74, 6) is -2.74. The van der Waals surface area contributed by atoms with Crippen LogP contribution in [-0.4, -0.2) is 43.1 Å². The average molecular weight is 365 g/mol. The number of benzene rings is 1. The molecule has 1 aromatic carbocycles. The van der Waals surface area contributed by atoms with E-state index in [1.807, 2.05) is 0 Å². The summed E-state index contributed by atoms with van der Waals surface area (Å²) in [6, 6.07) is 4.64. The van der Waals surface area contributed by atoms with E-state index in [1.165, 1.54) is 13.2 Å². The van der Waals surface area contributed by atoms with E-state index in [0.717, 1.165) is 0 Å². The molecule has 1 aromatic rings. The first-order valence-corrected chi connectivity index (χ1v) is 7.60. The molecule has 0 aliphatic carbocycles. The van der Waals surface area contributed by atoms with Crippen LogP contribution in [0.3, 0.4) is 0 Å². The van der Waals surface area contributed by atoms with E-state index >= 15 is 0 Å². The minimum Gasteiger partial charge on any atom is -0.495 e. The van der Waals surface area contributed by atoms with Crippen molar-refractivity contribution >= 4 is 29.1 Å². The minimum atomic E-state index is -4.94. The maximum atomic E-state index is 12.5. The molecule has 0 saturated carbocycles. The van der Waals surface area contributed by atoms with Crippen LogP contribution in [0.25, 0.3) is 0 Å². The van der Waals surface area contributed by atoms with Gasteiger partial charge in [0.1, 0.15) is 5.75 Å². The smallest absolute Gasteiger partial charge is 0.471 e. The van der Waals surface area contributed by atoms with Gasteiger partial charge in [-0.15, -0.1) is 0 Å². The highest BCUT2D eigenvalue weighted by molar-refractivity contribution is 6.31. The van der Waals surface area contributed by atoms with Gasteiger partial charge in [-0.25, -0.2) is 0 Å². The number of amides is 2. The van der Waals surface area contributed by atoms with Gasteiger partial charge in [0.25, 0.3) is 0 Å². The molecule has 1 N–H and O–H groups in total. The van der Waals surface area contributed by atoms with Crippen molar-refractivity contribution in [2.24, 2.45) is 5.92 Å². The Labute approximate surface area is 141 Å². The van der Waals surface area contributed by atoms with Gasteiger partial charge in [-0.05, 0) is 31.0 Å². The number of anilines is 1. The normalized spacial score (nSPS) is 18.2. The highest BCUT2D eigenvalue weighted by atomic mass is 35.5. The molecule has 2 rings (SSSR count). The average Bonchev–Trinajstić information content (AvgIpc) is 2.53. The summed E-state index contributed by atoms with van der Waals surface area (Å²) < 4.78 is 42.7. The first kappa shape index (κ1) is 18.4. The lowest BCUT2D eigenvalue weighted by Crippen LogP contribution is -2.48. The van der Waals surface area contributed by atoms with Gasteiger partial charge in [0.05, 0.1) is 18.7 Å². The molecular weight excluding hydrogens is 349 g/mol. The van der Waals surface area contributed by atoms with Gasteiger partial charge in [0.15, 0.2) is 0 Å². The summed E-state index contributed by atoms with van der Waals surface area (Å²) in [5, 5.41) is 2.98. The van der Waals surface area contributed by atoms with Crippen molar-refractivity contribution < 1.29 is 27.5 Å². The molecule has 1 fully saturated rings. The number of halogens is 4. The zero-order valence-electron chi connectivity index (χ0n) is 12.8. The van der Waals surface area contributed by atoms with Crippen LogP contribution in [0.2, 0.25) is 5.02 Å². The quantitative estimate of drug-likeness (QED) is 0.896. The van der Waals surface area contributed by atoms with E-state index in [1.54, 1.807) is 12.1 Å². The van der Waals surface area contributed by atoms with E-state index in [-0.39, 0.29) is 13.1 Å². The third-order valence-corrected chi connectivity index (χ3v) is 3.98. The predicted molar refractivity (Wildman–Crippen MR) is 82.0 cm³/mol. The lowest BCUT2D eigenvalue weighted by atomic mass is 9.97. The second-order valence-electron chi connectivity index (χ2n) is 5.42. The minimum absolute atomic E-state index is 0.0113. The Hall–Kier alpha value is -1.96. The number of hydrogen-bond acceptors (Lipinski definition) is 3. The predicted octanol–water partition coefficient (Wildman–Crippen LogP) is 3.09. The fourth-order valence-electron chi connectivity index (χ4n) is 2.57. The highest BCUT2D eigenvalue weighted by Gasteiger charge is 2.44. The molecule has 1 unspecified atom stereocenters. The molecule has 2 amide bonds. The molecular formula is C15H16ClF3N2O3. The number of carbonyl (C=O) groups excluding carboxylic acids is 2. The number of hydrogen-bond donors (Lipinski definition) is 1. The standard InChI is InChI=1S/C15H16ClF3N2O3/c1-24-12-5-4-10(16)7-11(12)20-13(22)9-3-2-6-21(8-9)14(23)15(17,18)19/h4-5,7,9H,2-3,6,8H2,1H3,(H,20,22). The molecule has 0 radical (unpaired) electrons. The summed E-state index contributed by atoms with van der Waals surface area (Å²) in [6.07, 6.45) is -4.21. The van der Waals surface area contributed by atoms with Crippen LogP contribution >= 0.6 is 11.6 Å². The Bertz CT molecular complexity index is 637. The van der Waals surface area contributed by atoms with Crippen molar-refractivity contribution in [2.75, 3.05) is 25.5 Å². The number of nitrogens with one attached hydrogen (secondary N) is 1. The lowest BCUT2D eigenvalue weighted by Gasteiger charge is -2.32. The van der Waals surface area contributed by atoms with Crippen molar-refractivity contribution in [3.8, 4) is 5.75 Å². The Morgan fingerprint density at radius 3 is 2.71 bits per heavy atom. The number of carbonyl (C=O) groups is 2. The summed E-state index contributed by atoms with van der Waals surface area (Å²) >= 11 is 5.87. The summed E-state index contributed by atoms with van der Waals surface area (Å²) in [4.78, 5) is 24.3. The third-order valence-electron chi connectivity index (χ3n) is 3.74. The summed E-state index contributed by atoms with van der Waals surface area (Å²) in [6.45, 7) is -0.282. The lowest BCUT2D eigenvalue weighted by molar-refractivity contribution is -0.187. The monoisotopic (exact) mass is 364 g/mol. The summed E-state index contributed by atoms with van der Waals surface area (Å²) in [7, 11) is 1.42. The number of nitrogens with zero attached hydrogens (tertiary/aromatic N) is 1. The molecule has 1 saturated heterocycles. The van der Waals surface area contributed by atoms with E-state index in [4.69, 9.17) is 16.3 Å². The molecule has 5 nitrogen and oxygen atoms in total. The van der Waals surface area contributed by atoms with E-state index < -0.39 is 23.9 Å². The third kappa shape index (κ3) is 4.31. The Morgan fingerprint density at radius 1 is 1.38 bits per heavy atom. The Balaban J connectivity index is 2.07. The van der Waals surface area contributed by atoms with Crippen LogP contribution in [0, 0.1) is 5.92 Å². The number of alkyl halides is 3. The largest absolute Gasteiger partial charge is 0.495 e. The molecule has 1 atom stereocenters. The van der Waals surface area contributed by atoms with Crippen molar-refractivity contribution in [3.63, 3.8) is 0 Å². The number of likely N-dealkylation sites (tertiary alicyclic amines) is 1. The van der Waals surface area contributed by atoms with E-state index in [0.29, 0.717) is 34.2 Å². The maximum absolute atomic E-state index is 12.5. The molecule has 24 heavy (non-hydrogen) atoms. The van der Waals surface area contributed by atoms with Crippen molar-refractivity contribution in [1.29, 1.82) is 0 Å².